The van der Waals surface area contributed by atoms with Gasteiger partial charge < -0.3 is 10.4 Å². The van der Waals surface area contributed by atoms with Crippen molar-refractivity contribution in [3.63, 3.8) is 0 Å². The van der Waals surface area contributed by atoms with Crippen LogP contribution in [0, 0.1) is 5.92 Å². The summed E-state index contributed by atoms with van der Waals surface area (Å²) in [7, 11) is 0. The van der Waals surface area contributed by atoms with Crippen molar-refractivity contribution in [3.05, 3.63) is 0 Å². The van der Waals surface area contributed by atoms with Crippen molar-refractivity contribution < 1.29 is 9.90 Å². The molecule has 0 radical (unpaired) electrons. The summed E-state index contributed by atoms with van der Waals surface area (Å²) in [4.78, 5) is 16.8. The van der Waals surface area contributed by atoms with E-state index in [0.717, 1.165) is 52.0 Å². The lowest BCUT2D eigenvalue weighted by Crippen LogP contribution is -2.64. The molecule has 2 aliphatic rings. The number of carboxylic acid groups (broad SMARTS) is 1. The Balaban J connectivity index is 2.03. The molecule has 0 spiro atoms. The van der Waals surface area contributed by atoms with Crippen molar-refractivity contribution in [2.75, 3.05) is 39.3 Å². The lowest BCUT2D eigenvalue weighted by Gasteiger charge is -2.43. The molecule has 5 heteroatoms. The van der Waals surface area contributed by atoms with Gasteiger partial charge in [-0.25, -0.2) is 0 Å². The average molecular weight is 297 g/mol. The molecule has 1 aliphatic carbocycles. The number of carbonyl (C=O) groups is 1. The van der Waals surface area contributed by atoms with Crippen molar-refractivity contribution in [1.29, 1.82) is 0 Å². The molecule has 0 aromatic rings. The molecular formula is C16H31N3O2. The minimum atomic E-state index is -0.732. The number of likely N-dealkylation sites (N-methyl/N-ethyl adjacent to an activating group) is 1. The van der Waals surface area contributed by atoms with Crippen LogP contribution in [0.1, 0.15) is 40.0 Å². The largest absolute Gasteiger partial charge is 0.480 e. The van der Waals surface area contributed by atoms with Gasteiger partial charge in [0.05, 0.1) is 0 Å². The Labute approximate surface area is 128 Å². The molecule has 2 atom stereocenters. The number of piperazine rings is 1. The third kappa shape index (κ3) is 3.76. The molecular weight excluding hydrogens is 266 g/mol. The van der Waals surface area contributed by atoms with Crippen molar-refractivity contribution >= 4 is 5.97 Å². The summed E-state index contributed by atoms with van der Waals surface area (Å²) in [6, 6.07) is 0.514. The van der Waals surface area contributed by atoms with Crippen LogP contribution in [0.3, 0.4) is 0 Å². The van der Waals surface area contributed by atoms with Crippen LogP contribution in [0.4, 0.5) is 0 Å². The lowest BCUT2D eigenvalue weighted by molar-refractivity contribution is -0.147. The van der Waals surface area contributed by atoms with Crippen LogP contribution < -0.4 is 5.32 Å². The maximum atomic E-state index is 12.0. The van der Waals surface area contributed by atoms with Gasteiger partial charge in [0.25, 0.3) is 0 Å². The average Bonchev–Trinajstić information content (AvgIpc) is 3.28. The molecule has 2 rings (SSSR count). The number of aliphatic carboxylic acids is 1. The zero-order valence-electron chi connectivity index (χ0n) is 13.8. The molecule has 21 heavy (non-hydrogen) atoms. The van der Waals surface area contributed by atoms with Gasteiger partial charge in [0.1, 0.15) is 5.54 Å². The quantitative estimate of drug-likeness (QED) is 0.706. The minimum Gasteiger partial charge on any atom is -0.480 e. The van der Waals surface area contributed by atoms with Gasteiger partial charge in [0.2, 0.25) is 0 Å². The number of rotatable bonds is 8. The van der Waals surface area contributed by atoms with E-state index < -0.39 is 11.5 Å². The molecule has 122 valence electrons. The van der Waals surface area contributed by atoms with E-state index in [1.54, 1.807) is 0 Å². The summed E-state index contributed by atoms with van der Waals surface area (Å²) in [6.07, 6.45) is 3.07. The van der Waals surface area contributed by atoms with Crippen molar-refractivity contribution in [2.24, 2.45) is 5.92 Å². The van der Waals surface area contributed by atoms with E-state index in [-0.39, 0.29) is 0 Å². The van der Waals surface area contributed by atoms with Gasteiger partial charge in [-0.1, -0.05) is 13.8 Å². The first kappa shape index (κ1) is 16.7. The number of carboxylic acids is 1. The van der Waals surface area contributed by atoms with Crippen molar-refractivity contribution in [3.8, 4) is 0 Å². The zero-order chi connectivity index (χ0) is 15.5. The van der Waals surface area contributed by atoms with Gasteiger partial charge >= 0.3 is 5.97 Å². The Bertz CT molecular complexity index is 359. The molecule has 1 aliphatic heterocycles. The Kier molecular flexibility index (Phi) is 5.63. The summed E-state index contributed by atoms with van der Waals surface area (Å²) in [5.41, 5.74) is -0.732. The van der Waals surface area contributed by atoms with E-state index in [4.69, 9.17) is 0 Å². The lowest BCUT2D eigenvalue weighted by atomic mass is 9.91. The number of nitrogens with one attached hydrogen (secondary N) is 1. The van der Waals surface area contributed by atoms with Crippen LogP contribution >= 0.6 is 0 Å². The summed E-state index contributed by atoms with van der Waals surface area (Å²) < 4.78 is 0. The molecule has 2 unspecified atom stereocenters. The predicted octanol–water partition coefficient (Wildman–Crippen LogP) is 1.25. The molecule has 0 amide bonds. The zero-order valence-corrected chi connectivity index (χ0v) is 13.8. The summed E-state index contributed by atoms with van der Waals surface area (Å²) >= 11 is 0. The normalized spacial score (nSPS) is 27.5. The SMILES string of the molecule is CCCNC(CN1CCN(CC)C(C)C1)(C(=O)O)C1CC1. The van der Waals surface area contributed by atoms with Crippen molar-refractivity contribution in [1.82, 2.24) is 15.1 Å². The first-order valence-electron chi connectivity index (χ1n) is 8.48. The highest BCUT2D eigenvalue weighted by atomic mass is 16.4. The Hall–Kier alpha value is -0.650. The van der Waals surface area contributed by atoms with Crippen LogP contribution in [0.5, 0.6) is 0 Å². The second kappa shape index (κ2) is 7.07. The molecule has 0 aromatic heterocycles. The highest BCUT2D eigenvalue weighted by Gasteiger charge is 2.52. The first-order chi connectivity index (χ1) is 10.0. The predicted molar refractivity (Wildman–Crippen MR) is 84.5 cm³/mol. The fourth-order valence-electron chi connectivity index (χ4n) is 3.61. The molecule has 2 N–H and O–H groups in total. The Morgan fingerprint density at radius 2 is 2.05 bits per heavy atom. The van der Waals surface area contributed by atoms with Crippen LogP contribution in [0.2, 0.25) is 0 Å². The Morgan fingerprint density at radius 1 is 1.33 bits per heavy atom. The monoisotopic (exact) mass is 297 g/mol. The molecule has 1 saturated carbocycles. The maximum absolute atomic E-state index is 12.0. The third-order valence-corrected chi connectivity index (χ3v) is 5.07. The number of nitrogens with zero attached hydrogens (tertiary/aromatic N) is 2. The fraction of sp³-hybridized carbons (Fsp3) is 0.938. The second-order valence-corrected chi connectivity index (χ2v) is 6.69. The summed E-state index contributed by atoms with van der Waals surface area (Å²) in [6.45, 7) is 12.0. The summed E-state index contributed by atoms with van der Waals surface area (Å²) in [5.74, 6) is -0.356. The van der Waals surface area contributed by atoms with Crippen LogP contribution in [-0.4, -0.2) is 71.7 Å². The van der Waals surface area contributed by atoms with Crippen LogP contribution in [0.15, 0.2) is 0 Å². The molecule has 5 nitrogen and oxygen atoms in total. The fourth-order valence-corrected chi connectivity index (χ4v) is 3.61. The van der Waals surface area contributed by atoms with E-state index in [2.05, 4.69) is 35.9 Å². The van der Waals surface area contributed by atoms with Gasteiger partial charge in [-0.05, 0) is 45.2 Å². The van der Waals surface area contributed by atoms with E-state index in [1.165, 1.54) is 0 Å². The topological polar surface area (TPSA) is 55.8 Å². The first-order valence-corrected chi connectivity index (χ1v) is 8.48. The van der Waals surface area contributed by atoms with Crippen LogP contribution in [0.25, 0.3) is 0 Å². The highest BCUT2D eigenvalue weighted by Crippen LogP contribution is 2.40. The third-order valence-electron chi connectivity index (χ3n) is 5.07. The van der Waals surface area contributed by atoms with Gasteiger partial charge in [-0.3, -0.25) is 14.6 Å². The van der Waals surface area contributed by atoms with Crippen LogP contribution in [-0.2, 0) is 4.79 Å². The van der Waals surface area contributed by atoms with E-state index in [9.17, 15) is 9.90 Å². The summed E-state index contributed by atoms with van der Waals surface area (Å²) in [5, 5.41) is 13.2. The highest BCUT2D eigenvalue weighted by molar-refractivity contribution is 5.80. The molecule has 0 aromatic carbocycles. The molecule has 0 bridgehead atoms. The van der Waals surface area contributed by atoms with E-state index >= 15 is 0 Å². The standard InChI is InChI=1S/C16H31N3O2/c1-4-8-17-16(15(20)21,14-6-7-14)12-18-9-10-19(5-2)13(3)11-18/h13-14,17H,4-12H2,1-3H3,(H,20,21). The van der Waals surface area contributed by atoms with Crippen molar-refractivity contribution in [2.45, 2.75) is 51.6 Å². The van der Waals surface area contributed by atoms with E-state index in [0.29, 0.717) is 18.5 Å². The van der Waals surface area contributed by atoms with Gasteiger partial charge in [0.15, 0.2) is 0 Å². The van der Waals surface area contributed by atoms with E-state index in [1.807, 2.05) is 0 Å². The molecule has 2 fully saturated rings. The van der Waals surface area contributed by atoms with Gasteiger partial charge in [-0.15, -0.1) is 0 Å². The minimum absolute atomic E-state index is 0.307. The second-order valence-electron chi connectivity index (χ2n) is 6.69. The van der Waals surface area contributed by atoms with Gasteiger partial charge in [0, 0.05) is 32.2 Å². The maximum Gasteiger partial charge on any atom is 0.325 e. The molecule has 1 saturated heterocycles. The van der Waals surface area contributed by atoms with Gasteiger partial charge in [-0.2, -0.15) is 0 Å². The number of hydrogen-bond acceptors (Lipinski definition) is 4. The smallest absolute Gasteiger partial charge is 0.325 e. The number of hydrogen-bond donors (Lipinski definition) is 2. The molecule has 1 heterocycles. The Morgan fingerprint density at radius 3 is 2.52 bits per heavy atom.